The van der Waals surface area contributed by atoms with Gasteiger partial charge in [-0.3, -0.25) is 0 Å². The summed E-state index contributed by atoms with van der Waals surface area (Å²) in [6.07, 6.45) is 35.5. The third kappa shape index (κ3) is 11.0. The molecule has 0 spiro atoms. The van der Waals surface area contributed by atoms with E-state index >= 15 is 0 Å². The molecule has 1 aliphatic carbocycles. The summed E-state index contributed by atoms with van der Waals surface area (Å²) in [4.78, 5) is 0. The van der Waals surface area contributed by atoms with Crippen LogP contribution < -0.4 is 0 Å². The first kappa shape index (κ1) is 15.2. The Bertz CT molecular complexity index is 360. The Hall–Kier alpha value is -1.82. The molecule has 0 fully saturated rings. The molecular weight excluding hydrogens is 228 g/mol. The average Bonchev–Trinajstić information content (AvgIpc) is 2.43. The lowest BCUT2D eigenvalue weighted by atomic mass is 10.1. The van der Waals surface area contributed by atoms with E-state index in [1.54, 1.807) is 0 Å². The Morgan fingerprint density at radius 2 is 0.632 bits per heavy atom. The molecule has 0 N–H and O–H groups in total. The topological polar surface area (TPSA) is 0 Å². The largest absolute Gasteiger partial charge is 0.0845 e. The minimum atomic E-state index is 1.18. The molecule has 0 nitrogen and oxygen atoms in total. The molecule has 0 aromatic carbocycles. The maximum atomic E-state index is 2.25. The van der Waals surface area contributed by atoms with Crippen LogP contribution in [0, 0.1) is 0 Å². The highest BCUT2D eigenvalue weighted by molar-refractivity contribution is 5.20. The molecule has 0 atom stereocenters. The smallest absolute Gasteiger partial charge is 0.0348 e. The number of hydrogen-bond acceptors (Lipinski definition) is 0. The van der Waals surface area contributed by atoms with Gasteiger partial charge in [0.05, 0.1) is 0 Å². The molecule has 0 saturated heterocycles. The van der Waals surface area contributed by atoms with Crippen LogP contribution in [0.5, 0.6) is 0 Å². The Balaban J connectivity index is 2.47. The Morgan fingerprint density at radius 3 is 1.00 bits per heavy atom. The normalized spacial score (nSPS) is 18.1. The fourth-order valence-electron chi connectivity index (χ4n) is 1.69. The van der Waals surface area contributed by atoms with Crippen molar-refractivity contribution in [2.45, 2.75) is 32.1 Å². The van der Waals surface area contributed by atoms with E-state index in [1.807, 2.05) is 36.5 Å². The van der Waals surface area contributed by atoms with Gasteiger partial charge in [0.1, 0.15) is 0 Å². The summed E-state index contributed by atoms with van der Waals surface area (Å²) >= 11 is 0. The van der Waals surface area contributed by atoms with Crippen molar-refractivity contribution < 1.29 is 0 Å². The molecule has 0 radical (unpaired) electrons. The van der Waals surface area contributed by atoms with Crippen molar-refractivity contribution in [1.29, 1.82) is 0 Å². The standard InChI is InChI=1S/C19H24/c1-2-4-6-8-10-12-14-16-18-19-17-15-13-11-9-7-5-3-1/h1-14H,15-19H2. The SMILES string of the molecule is C1=CC=CC=CC=CCCCCCC=CC=CC=C1. The van der Waals surface area contributed by atoms with Gasteiger partial charge in [0.15, 0.2) is 0 Å². The van der Waals surface area contributed by atoms with Crippen molar-refractivity contribution in [3.8, 4) is 0 Å². The molecule has 0 amide bonds. The van der Waals surface area contributed by atoms with Crippen LogP contribution in [-0.2, 0) is 0 Å². The van der Waals surface area contributed by atoms with Crippen LogP contribution in [0.1, 0.15) is 32.1 Å². The lowest BCUT2D eigenvalue weighted by molar-refractivity contribution is 0.696. The fraction of sp³-hybridized carbons (Fsp3) is 0.263. The van der Waals surface area contributed by atoms with Gasteiger partial charge in [-0.05, 0) is 25.7 Å². The summed E-state index contributed by atoms with van der Waals surface area (Å²) in [5.74, 6) is 0. The fourth-order valence-corrected chi connectivity index (χ4v) is 1.69. The molecule has 1 rings (SSSR count). The Morgan fingerprint density at radius 1 is 0.316 bits per heavy atom. The average molecular weight is 252 g/mol. The van der Waals surface area contributed by atoms with Crippen LogP contribution in [0.4, 0.5) is 0 Å². The van der Waals surface area contributed by atoms with Gasteiger partial charge in [-0.1, -0.05) is 91.5 Å². The quantitative estimate of drug-likeness (QED) is 0.507. The van der Waals surface area contributed by atoms with Gasteiger partial charge < -0.3 is 0 Å². The molecule has 0 heteroatoms. The van der Waals surface area contributed by atoms with Gasteiger partial charge in [-0.25, -0.2) is 0 Å². The Kier molecular flexibility index (Phi) is 10.1. The maximum Gasteiger partial charge on any atom is -0.0348 e. The zero-order valence-corrected chi connectivity index (χ0v) is 11.6. The van der Waals surface area contributed by atoms with Crippen LogP contribution in [0.2, 0.25) is 0 Å². The van der Waals surface area contributed by atoms with E-state index in [9.17, 15) is 0 Å². The molecule has 0 aromatic heterocycles. The zero-order chi connectivity index (χ0) is 13.4. The molecular formula is C19H24. The summed E-state index contributed by atoms with van der Waals surface area (Å²) in [5.41, 5.74) is 0. The van der Waals surface area contributed by atoms with Crippen molar-refractivity contribution in [3.05, 3.63) is 85.1 Å². The van der Waals surface area contributed by atoms with E-state index in [4.69, 9.17) is 0 Å². The van der Waals surface area contributed by atoms with Gasteiger partial charge in [0.25, 0.3) is 0 Å². The van der Waals surface area contributed by atoms with Crippen molar-refractivity contribution in [2.24, 2.45) is 0 Å². The first-order valence-electron chi connectivity index (χ1n) is 7.15. The second-order valence-corrected chi connectivity index (χ2v) is 4.42. The zero-order valence-electron chi connectivity index (χ0n) is 11.6. The van der Waals surface area contributed by atoms with Crippen LogP contribution in [0.3, 0.4) is 0 Å². The second-order valence-electron chi connectivity index (χ2n) is 4.42. The van der Waals surface area contributed by atoms with Crippen LogP contribution in [0.25, 0.3) is 0 Å². The molecule has 0 saturated carbocycles. The first-order chi connectivity index (χ1) is 9.50. The molecule has 0 aliphatic heterocycles. The van der Waals surface area contributed by atoms with Gasteiger partial charge in [-0.15, -0.1) is 0 Å². The van der Waals surface area contributed by atoms with Crippen molar-refractivity contribution >= 4 is 0 Å². The molecule has 100 valence electrons. The van der Waals surface area contributed by atoms with Gasteiger partial charge in [-0.2, -0.15) is 0 Å². The van der Waals surface area contributed by atoms with Crippen molar-refractivity contribution in [2.75, 3.05) is 0 Å². The summed E-state index contributed by atoms with van der Waals surface area (Å²) in [6, 6.07) is 0. The third-order valence-electron chi connectivity index (χ3n) is 2.74. The molecule has 0 heterocycles. The molecule has 0 bridgehead atoms. The minimum Gasteiger partial charge on any atom is -0.0845 e. The highest BCUT2D eigenvalue weighted by Gasteiger charge is 1.84. The van der Waals surface area contributed by atoms with E-state index in [1.165, 1.54) is 32.1 Å². The predicted octanol–water partition coefficient (Wildman–Crippen LogP) is 5.84. The van der Waals surface area contributed by atoms with Crippen LogP contribution in [-0.4, -0.2) is 0 Å². The number of rotatable bonds is 0. The summed E-state index contributed by atoms with van der Waals surface area (Å²) in [7, 11) is 0. The monoisotopic (exact) mass is 252 g/mol. The van der Waals surface area contributed by atoms with E-state index in [0.717, 1.165) is 0 Å². The van der Waals surface area contributed by atoms with E-state index < -0.39 is 0 Å². The summed E-state index contributed by atoms with van der Waals surface area (Å²) in [6.45, 7) is 0. The van der Waals surface area contributed by atoms with Gasteiger partial charge >= 0.3 is 0 Å². The molecule has 0 unspecified atom stereocenters. The lowest BCUT2D eigenvalue weighted by Crippen LogP contribution is -1.74. The highest BCUT2D eigenvalue weighted by Crippen LogP contribution is 2.04. The van der Waals surface area contributed by atoms with Gasteiger partial charge in [0, 0.05) is 0 Å². The van der Waals surface area contributed by atoms with Crippen LogP contribution in [0.15, 0.2) is 85.1 Å². The van der Waals surface area contributed by atoms with E-state index in [0.29, 0.717) is 0 Å². The van der Waals surface area contributed by atoms with E-state index in [-0.39, 0.29) is 0 Å². The second kappa shape index (κ2) is 12.6. The Labute approximate surface area is 117 Å². The van der Waals surface area contributed by atoms with E-state index in [2.05, 4.69) is 48.6 Å². The minimum absolute atomic E-state index is 1.18. The first-order valence-corrected chi connectivity index (χ1v) is 7.15. The maximum absolute atomic E-state index is 2.25. The predicted molar refractivity (Wildman–Crippen MR) is 87.1 cm³/mol. The number of allylic oxidation sites excluding steroid dienone is 14. The van der Waals surface area contributed by atoms with Crippen LogP contribution >= 0.6 is 0 Å². The van der Waals surface area contributed by atoms with Crippen molar-refractivity contribution in [3.63, 3.8) is 0 Å². The molecule has 0 aromatic rings. The lowest BCUT2D eigenvalue weighted by Gasteiger charge is -1.94. The summed E-state index contributed by atoms with van der Waals surface area (Å²) < 4.78 is 0. The third-order valence-corrected chi connectivity index (χ3v) is 2.74. The number of hydrogen-bond donors (Lipinski definition) is 0. The van der Waals surface area contributed by atoms with Crippen molar-refractivity contribution in [1.82, 2.24) is 0 Å². The molecule has 1 aliphatic rings. The van der Waals surface area contributed by atoms with Gasteiger partial charge in [0.2, 0.25) is 0 Å². The molecule has 19 heavy (non-hydrogen) atoms. The highest BCUT2D eigenvalue weighted by atomic mass is 13.9. The summed E-state index contributed by atoms with van der Waals surface area (Å²) in [5, 5.41) is 0.